The number of hydrogen-bond donors (Lipinski definition) is 1. The van der Waals surface area contributed by atoms with Gasteiger partial charge < -0.3 is 14.1 Å². The third-order valence-electron chi connectivity index (χ3n) is 5.01. The minimum absolute atomic E-state index is 0.202. The van der Waals surface area contributed by atoms with E-state index in [0.29, 0.717) is 5.75 Å². The average molecular weight is 398 g/mol. The number of nitrogens with one attached hydrogen (secondary N) is 1. The normalized spacial score (nSPS) is 14.7. The highest BCUT2D eigenvalue weighted by Gasteiger charge is 2.30. The molecule has 0 aliphatic carbocycles. The van der Waals surface area contributed by atoms with Crippen LogP contribution in [-0.2, 0) is 16.4 Å². The summed E-state index contributed by atoms with van der Waals surface area (Å²) in [6.45, 7) is 1.02. The third kappa shape index (κ3) is 3.63. The lowest BCUT2D eigenvalue weighted by Crippen LogP contribution is -2.37. The number of fused-ring (bicyclic) bond motifs is 1. The molecule has 1 atom stereocenters. The van der Waals surface area contributed by atoms with Crippen molar-refractivity contribution >= 4 is 15.7 Å². The third-order valence-corrected chi connectivity index (χ3v) is 6.45. The predicted octanol–water partition coefficient (Wildman–Crippen LogP) is 3.37. The van der Waals surface area contributed by atoms with Crippen molar-refractivity contribution in [3.05, 3.63) is 78.3 Å². The fourth-order valence-corrected chi connectivity index (χ4v) is 4.60. The molecule has 1 aromatic heterocycles. The highest BCUT2D eigenvalue weighted by Crippen LogP contribution is 2.35. The van der Waals surface area contributed by atoms with Gasteiger partial charge in [0.05, 0.1) is 18.3 Å². The van der Waals surface area contributed by atoms with E-state index in [1.54, 1.807) is 25.5 Å². The van der Waals surface area contributed by atoms with Gasteiger partial charge in [0.1, 0.15) is 17.6 Å². The van der Waals surface area contributed by atoms with Crippen molar-refractivity contribution in [3.8, 4) is 5.75 Å². The maximum absolute atomic E-state index is 12.8. The van der Waals surface area contributed by atoms with Gasteiger partial charge >= 0.3 is 0 Å². The van der Waals surface area contributed by atoms with Crippen molar-refractivity contribution in [1.29, 1.82) is 0 Å². The number of rotatable bonds is 7. The Kier molecular flexibility index (Phi) is 5.11. The van der Waals surface area contributed by atoms with Crippen LogP contribution in [0.5, 0.6) is 5.75 Å². The van der Waals surface area contributed by atoms with E-state index in [-0.39, 0.29) is 17.5 Å². The molecule has 1 aliphatic rings. The monoisotopic (exact) mass is 398 g/mol. The molecule has 0 spiro atoms. The Morgan fingerprint density at radius 2 is 1.89 bits per heavy atom. The zero-order chi connectivity index (χ0) is 19.6. The number of ether oxygens (including phenoxy) is 1. The first-order valence-corrected chi connectivity index (χ1v) is 10.6. The fourth-order valence-electron chi connectivity index (χ4n) is 3.56. The Morgan fingerprint density at radius 1 is 1.11 bits per heavy atom. The lowest BCUT2D eigenvalue weighted by molar-refractivity contribution is 0.414. The van der Waals surface area contributed by atoms with Crippen LogP contribution in [0.3, 0.4) is 0 Å². The molecule has 0 saturated heterocycles. The van der Waals surface area contributed by atoms with Gasteiger partial charge in [0.15, 0.2) is 0 Å². The molecule has 1 aliphatic heterocycles. The Bertz CT molecular complexity index is 1030. The summed E-state index contributed by atoms with van der Waals surface area (Å²) < 4.78 is 39.0. The van der Waals surface area contributed by atoms with Gasteiger partial charge in [-0.1, -0.05) is 18.2 Å². The fraction of sp³-hybridized carbons (Fsp3) is 0.238. The zero-order valence-corrected chi connectivity index (χ0v) is 16.4. The Morgan fingerprint density at radius 3 is 2.61 bits per heavy atom. The molecule has 0 fully saturated rings. The van der Waals surface area contributed by atoms with Crippen molar-refractivity contribution in [2.45, 2.75) is 17.4 Å². The van der Waals surface area contributed by atoms with E-state index in [2.05, 4.69) is 21.8 Å². The van der Waals surface area contributed by atoms with Crippen LogP contribution in [0.1, 0.15) is 17.4 Å². The van der Waals surface area contributed by atoms with Gasteiger partial charge in [-0.05, 0) is 54.4 Å². The molecule has 0 unspecified atom stereocenters. The van der Waals surface area contributed by atoms with E-state index in [9.17, 15) is 8.42 Å². The standard InChI is InChI=1S/C21H22N2O4S/c1-26-17-8-10-18(11-9-17)28(24,25)22-15-20(21-7-4-14-27-21)23-13-12-16-5-2-3-6-19(16)23/h2-11,14,20,22H,12-13,15H2,1H3/t20-/m1/s1. The van der Waals surface area contributed by atoms with Gasteiger partial charge in [0, 0.05) is 18.8 Å². The molecular formula is C21H22N2O4S. The SMILES string of the molecule is COc1ccc(S(=O)(=O)NC[C@H](c2ccco2)N2CCc3ccccc32)cc1. The first-order chi connectivity index (χ1) is 13.6. The summed E-state index contributed by atoms with van der Waals surface area (Å²) in [5.41, 5.74) is 2.38. The summed E-state index contributed by atoms with van der Waals surface area (Å²) in [5, 5.41) is 0. The molecule has 2 heterocycles. The second kappa shape index (κ2) is 7.69. The van der Waals surface area contributed by atoms with Crippen molar-refractivity contribution in [1.82, 2.24) is 4.72 Å². The molecule has 146 valence electrons. The maximum atomic E-state index is 12.8. The van der Waals surface area contributed by atoms with Crippen molar-refractivity contribution in [2.75, 3.05) is 25.1 Å². The van der Waals surface area contributed by atoms with E-state index < -0.39 is 10.0 Å². The smallest absolute Gasteiger partial charge is 0.240 e. The molecule has 2 aromatic carbocycles. The highest BCUT2D eigenvalue weighted by atomic mass is 32.2. The van der Waals surface area contributed by atoms with Crippen molar-refractivity contribution in [3.63, 3.8) is 0 Å². The quantitative estimate of drug-likeness (QED) is 0.661. The number of hydrogen-bond acceptors (Lipinski definition) is 5. The number of methoxy groups -OCH3 is 1. The summed E-state index contributed by atoms with van der Waals surface area (Å²) >= 11 is 0. The van der Waals surface area contributed by atoms with Crippen LogP contribution in [-0.4, -0.2) is 28.6 Å². The molecule has 6 nitrogen and oxygen atoms in total. The molecule has 4 rings (SSSR count). The number of nitrogens with zero attached hydrogens (tertiary/aromatic N) is 1. The van der Waals surface area contributed by atoms with Gasteiger partial charge in [-0.15, -0.1) is 0 Å². The second-order valence-corrected chi connectivity index (χ2v) is 8.40. The summed E-state index contributed by atoms with van der Waals surface area (Å²) in [4.78, 5) is 2.40. The highest BCUT2D eigenvalue weighted by molar-refractivity contribution is 7.89. The average Bonchev–Trinajstić information content (AvgIpc) is 3.39. The number of furan rings is 1. The molecule has 0 amide bonds. The van der Waals surface area contributed by atoms with Gasteiger partial charge in [-0.25, -0.2) is 13.1 Å². The topological polar surface area (TPSA) is 71.8 Å². The van der Waals surface area contributed by atoms with Crippen LogP contribution < -0.4 is 14.4 Å². The lowest BCUT2D eigenvalue weighted by Gasteiger charge is -2.29. The molecule has 7 heteroatoms. The molecule has 1 N–H and O–H groups in total. The van der Waals surface area contributed by atoms with E-state index in [1.807, 2.05) is 24.3 Å². The molecule has 0 bridgehead atoms. The predicted molar refractivity (Wildman–Crippen MR) is 107 cm³/mol. The van der Waals surface area contributed by atoms with Gasteiger partial charge in [-0.2, -0.15) is 0 Å². The molecule has 0 radical (unpaired) electrons. The Hall–Kier alpha value is -2.77. The van der Waals surface area contributed by atoms with Gasteiger partial charge in [0.2, 0.25) is 10.0 Å². The van der Waals surface area contributed by atoms with Crippen LogP contribution in [0, 0.1) is 0 Å². The molecule has 0 saturated carbocycles. The first-order valence-electron chi connectivity index (χ1n) is 9.10. The Labute approximate surface area is 164 Å². The van der Waals surface area contributed by atoms with E-state index in [0.717, 1.165) is 24.4 Å². The minimum atomic E-state index is -3.65. The molecule has 28 heavy (non-hydrogen) atoms. The number of anilines is 1. The van der Waals surface area contributed by atoms with Gasteiger partial charge in [0.25, 0.3) is 0 Å². The van der Waals surface area contributed by atoms with Gasteiger partial charge in [-0.3, -0.25) is 0 Å². The van der Waals surface area contributed by atoms with E-state index in [4.69, 9.17) is 9.15 Å². The molecular weight excluding hydrogens is 376 g/mol. The van der Waals surface area contributed by atoms with Crippen LogP contribution in [0.25, 0.3) is 0 Å². The first kappa shape index (κ1) is 18.6. The van der Waals surface area contributed by atoms with Crippen LogP contribution >= 0.6 is 0 Å². The van der Waals surface area contributed by atoms with Crippen molar-refractivity contribution < 1.29 is 17.6 Å². The van der Waals surface area contributed by atoms with Crippen LogP contribution in [0.2, 0.25) is 0 Å². The number of sulfonamides is 1. The maximum Gasteiger partial charge on any atom is 0.240 e. The number of para-hydroxylation sites is 1. The summed E-state index contributed by atoms with van der Waals surface area (Å²) in [5.74, 6) is 1.34. The van der Waals surface area contributed by atoms with E-state index >= 15 is 0 Å². The lowest BCUT2D eigenvalue weighted by atomic mass is 10.1. The van der Waals surface area contributed by atoms with Crippen LogP contribution in [0.15, 0.2) is 76.2 Å². The van der Waals surface area contributed by atoms with Crippen molar-refractivity contribution in [2.24, 2.45) is 0 Å². The largest absolute Gasteiger partial charge is 0.497 e. The zero-order valence-electron chi connectivity index (χ0n) is 15.5. The minimum Gasteiger partial charge on any atom is -0.497 e. The number of benzene rings is 2. The van der Waals surface area contributed by atoms with Crippen LogP contribution in [0.4, 0.5) is 5.69 Å². The molecule has 3 aromatic rings. The van der Waals surface area contributed by atoms with E-state index in [1.165, 1.54) is 17.7 Å². The summed E-state index contributed by atoms with van der Waals surface area (Å²) in [7, 11) is -2.11. The summed E-state index contributed by atoms with van der Waals surface area (Å²) in [6.07, 6.45) is 2.54. The summed E-state index contributed by atoms with van der Waals surface area (Å²) in [6, 6.07) is 18.0. The Balaban J connectivity index is 1.57. The second-order valence-electron chi connectivity index (χ2n) is 6.63.